The highest BCUT2D eigenvalue weighted by Crippen LogP contribution is 2.28. The molecule has 4 N–H and O–H groups in total. The molecule has 1 aromatic carbocycles. The summed E-state index contributed by atoms with van der Waals surface area (Å²) in [4.78, 5) is 24.5. The van der Waals surface area contributed by atoms with E-state index in [1.54, 1.807) is 0 Å². The lowest BCUT2D eigenvalue weighted by molar-refractivity contribution is 0.630. The maximum atomic E-state index is 13.8. The molecule has 6 nitrogen and oxygen atoms in total. The zero-order valence-electron chi connectivity index (χ0n) is 9.37. The second kappa shape index (κ2) is 4.06. The maximum absolute atomic E-state index is 13.8. The predicted octanol–water partition coefficient (Wildman–Crippen LogP) is 1.69. The van der Waals surface area contributed by atoms with Gasteiger partial charge in [-0.25, -0.2) is 9.37 Å². The molecule has 0 saturated carbocycles. The van der Waals surface area contributed by atoms with Crippen LogP contribution in [0.5, 0.6) is 0 Å². The largest absolute Gasteiger partial charge is 0.369 e. The summed E-state index contributed by atoms with van der Waals surface area (Å²) in [5.41, 5.74) is 5.24. The lowest BCUT2D eigenvalue weighted by Crippen LogP contribution is -2.10. The first-order valence-corrected chi connectivity index (χ1v) is 5.64. The van der Waals surface area contributed by atoms with Crippen molar-refractivity contribution in [1.29, 1.82) is 0 Å². The van der Waals surface area contributed by atoms with Gasteiger partial charge in [0.15, 0.2) is 11.2 Å². The van der Waals surface area contributed by atoms with E-state index in [0.717, 1.165) is 0 Å². The molecule has 2 heterocycles. The van der Waals surface area contributed by atoms with Gasteiger partial charge in [-0.2, -0.15) is 4.98 Å². The molecule has 3 aromatic rings. The number of nitrogens with two attached hydrogens (primary N) is 1. The summed E-state index contributed by atoms with van der Waals surface area (Å²) < 4.78 is 13.8. The molecule has 0 unspecified atom stereocenters. The van der Waals surface area contributed by atoms with Crippen LogP contribution in [-0.2, 0) is 0 Å². The minimum absolute atomic E-state index is 0.0600. The van der Waals surface area contributed by atoms with Gasteiger partial charge < -0.3 is 10.7 Å². The molecule has 8 heteroatoms. The van der Waals surface area contributed by atoms with E-state index in [0.29, 0.717) is 0 Å². The van der Waals surface area contributed by atoms with Crippen molar-refractivity contribution in [3.8, 4) is 11.4 Å². The molecule has 0 aliphatic carbocycles. The van der Waals surface area contributed by atoms with Crippen molar-refractivity contribution in [2.24, 2.45) is 0 Å². The first-order chi connectivity index (χ1) is 9.06. The normalized spacial score (nSPS) is 11.1. The average molecular weight is 280 g/mol. The SMILES string of the molecule is Nc1nc2nc(-c3c(F)cccc3Cl)[nH]c2c(=O)[nH]1. The van der Waals surface area contributed by atoms with E-state index in [2.05, 4.69) is 19.9 Å². The maximum Gasteiger partial charge on any atom is 0.278 e. The second-order valence-corrected chi connectivity index (χ2v) is 4.24. The Morgan fingerprint density at radius 3 is 2.79 bits per heavy atom. The quantitative estimate of drug-likeness (QED) is 0.631. The van der Waals surface area contributed by atoms with Gasteiger partial charge in [0.1, 0.15) is 11.6 Å². The van der Waals surface area contributed by atoms with Crippen molar-refractivity contribution in [3.05, 3.63) is 39.4 Å². The van der Waals surface area contributed by atoms with E-state index >= 15 is 0 Å². The molecule has 0 aliphatic heterocycles. The van der Waals surface area contributed by atoms with Crippen molar-refractivity contribution in [2.45, 2.75) is 0 Å². The number of aromatic amines is 2. The molecular formula is C11H7ClFN5O. The third-order valence-electron chi connectivity index (χ3n) is 2.58. The Morgan fingerprint density at radius 2 is 2.05 bits per heavy atom. The topological polar surface area (TPSA) is 100 Å². The summed E-state index contributed by atoms with van der Waals surface area (Å²) in [5.74, 6) is -0.479. The van der Waals surface area contributed by atoms with Gasteiger partial charge in [0.2, 0.25) is 5.95 Å². The van der Waals surface area contributed by atoms with Crippen LogP contribution >= 0.6 is 11.6 Å². The minimum Gasteiger partial charge on any atom is -0.369 e. The Bertz CT molecular complexity index is 820. The summed E-state index contributed by atoms with van der Waals surface area (Å²) in [6.45, 7) is 0. The molecule has 0 spiro atoms. The molecule has 0 fully saturated rings. The van der Waals surface area contributed by atoms with Crippen molar-refractivity contribution in [2.75, 3.05) is 5.73 Å². The van der Waals surface area contributed by atoms with Crippen molar-refractivity contribution < 1.29 is 4.39 Å². The monoisotopic (exact) mass is 279 g/mol. The van der Waals surface area contributed by atoms with Gasteiger partial charge in [0, 0.05) is 0 Å². The van der Waals surface area contributed by atoms with Crippen LogP contribution in [0.25, 0.3) is 22.6 Å². The summed E-state index contributed by atoms with van der Waals surface area (Å²) in [6, 6.07) is 4.26. The van der Waals surface area contributed by atoms with Crippen LogP contribution in [0.15, 0.2) is 23.0 Å². The number of fused-ring (bicyclic) bond motifs is 1. The lowest BCUT2D eigenvalue weighted by atomic mass is 10.2. The number of anilines is 1. The van der Waals surface area contributed by atoms with Gasteiger partial charge in [0.25, 0.3) is 5.56 Å². The molecule has 0 atom stereocenters. The lowest BCUT2D eigenvalue weighted by Gasteiger charge is -2.00. The van der Waals surface area contributed by atoms with Crippen molar-refractivity contribution >= 4 is 28.7 Å². The van der Waals surface area contributed by atoms with Gasteiger partial charge in [-0.1, -0.05) is 17.7 Å². The Kier molecular flexibility index (Phi) is 2.49. The van der Waals surface area contributed by atoms with Crippen LogP contribution in [0.1, 0.15) is 0 Å². The summed E-state index contributed by atoms with van der Waals surface area (Å²) in [6.07, 6.45) is 0. The molecule has 0 radical (unpaired) electrons. The standard InChI is InChI=1S/C11H7ClFN5O/c12-4-2-1-3-5(13)6(4)8-15-7-9(16-8)17-11(14)18-10(7)19/h1-3H,(H4,14,15,16,17,18,19). The molecule has 0 aliphatic rings. The number of H-pyrrole nitrogens is 2. The molecular weight excluding hydrogens is 273 g/mol. The third kappa shape index (κ3) is 1.84. The Labute approximate surface area is 110 Å². The minimum atomic E-state index is -0.545. The Morgan fingerprint density at radius 1 is 1.26 bits per heavy atom. The van der Waals surface area contributed by atoms with Crippen LogP contribution in [-0.4, -0.2) is 19.9 Å². The number of rotatable bonds is 1. The predicted molar refractivity (Wildman–Crippen MR) is 69.3 cm³/mol. The first-order valence-electron chi connectivity index (χ1n) is 5.26. The van der Waals surface area contributed by atoms with Crippen LogP contribution in [0.4, 0.5) is 10.3 Å². The highest BCUT2D eigenvalue weighted by Gasteiger charge is 2.16. The fourth-order valence-electron chi connectivity index (χ4n) is 1.77. The van der Waals surface area contributed by atoms with Crippen molar-refractivity contribution in [3.63, 3.8) is 0 Å². The third-order valence-corrected chi connectivity index (χ3v) is 2.89. The zero-order chi connectivity index (χ0) is 13.6. The number of halogens is 2. The fourth-order valence-corrected chi connectivity index (χ4v) is 2.02. The smallest absolute Gasteiger partial charge is 0.278 e. The number of hydrogen-bond acceptors (Lipinski definition) is 4. The second-order valence-electron chi connectivity index (χ2n) is 3.83. The van der Waals surface area contributed by atoms with E-state index in [4.69, 9.17) is 17.3 Å². The molecule has 0 saturated heterocycles. The molecule has 3 rings (SSSR count). The zero-order valence-corrected chi connectivity index (χ0v) is 10.1. The summed E-state index contributed by atoms with van der Waals surface area (Å²) in [5, 5.41) is 0.184. The highest BCUT2D eigenvalue weighted by molar-refractivity contribution is 6.33. The van der Waals surface area contributed by atoms with E-state index in [-0.39, 0.29) is 33.5 Å². The van der Waals surface area contributed by atoms with E-state index in [1.165, 1.54) is 18.2 Å². The fraction of sp³-hybridized carbons (Fsp3) is 0. The van der Waals surface area contributed by atoms with Crippen LogP contribution in [0, 0.1) is 5.82 Å². The van der Waals surface area contributed by atoms with Gasteiger partial charge in [-0.3, -0.25) is 9.78 Å². The number of nitrogens with zero attached hydrogens (tertiary/aromatic N) is 2. The number of nitrogens with one attached hydrogen (secondary N) is 2. The van der Waals surface area contributed by atoms with Crippen LogP contribution < -0.4 is 11.3 Å². The van der Waals surface area contributed by atoms with Gasteiger partial charge in [0.05, 0.1) is 10.6 Å². The molecule has 19 heavy (non-hydrogen) atoms. The summed E-state index contributed by atoms with van der Waals surface area (Å²) in [7, 11) is 0. The van der Waals surface area contributed by atoms with Crippen LogP contribution in [0.3, 0.4) is 0 Å². The number of nitrogen functional groups attached to an aromatic ring is 1. The molecule has 0 amide bonds. The molecule has 0 bridgehead atoms. The number of imidazole rings is 1. The Hall–Kier alpha value is -2.41. The van der Waals surface area contributed by atoms with Gasteiger partial charge in [-0.05, 0) is 12.1 Å². The molecule has 2 aromatic heterocycles. The van der Waals surface area contributed by atoms with Crippen molar-refractivity contribution in [1.82, 2.24) is 19.9 Å². The first kappa shape index (κ1) is 11.7. The number of hydrogen-bond donors (Lipinski definition) is 3. The highest BCUT2D eigenvalue weighted by atomic mass is 35.5. The van der Waals surface area contributed by atoms with Gasteiger partial charge in [-0.15, -0.1) is 0 Å². The average Bonchev–Trinajstić information content (AvgIpc) is 2.72. The van der Waals surface area contributed by atoms with Gasteiger partial charge >= 0.3 is 0 Å². The van der Waals surface area contributed by atoms with E-state index in [9.17, 15) is 9.18 Å². The van der Waals surface area contributed by atoms with E-state index < -0.39 is 11.4 Å². The summed E-state index contributed by atoms with van der Waals surface area (Å²) >= 11 is 5.93. The Balaban J connectivity index is 2.33. The number of aromatic nitrogens is 4. The molecule has 96 valence electrons. The van der Waals surface area contributed by atoms with Crippen LogP contribution in [0.2, 0.25) is 5.02 Å². The number of benzene rings is 1. The van der Waals surface area contributed by atoms with E-state index in [1.807, 2.05) is 0 Å².